The highest BCUT2D eigenvalue weighted by molar-refractivity contribution is 5.94. The normalized spacial score (nSPS) is 10.5. The summed E-state index contributed by atoms with van der Waals surface area (Å²) in [4.78, 5) is 12.9. The van der Waals surface area contributed by atoms with Crippen LogP contribution in [-0.4, -0.2) is 43.2 Å². The van der Waals surface area contributed by atoms with Crippen LogP contribution in [0.3, 0.4) is 0 Å². The van der Waals surface area contributed by atoms with Crippen molar-refractivity contribution < 1.29 is 9.90 Å². The average Bonchev–Trinajstić information content (AvgIpc) is 2.23. The first-order valence-corrected chi connectivity index (χ1v) is 5.52. The Kier molecular flexibility index (Phi) is 4.78. The summed E-state index contributed by atoms with van der Waals surface area (Å²) in [5, 5.41) is 12.0. The fraction of sp³-hybridized carbons (Fsp3) is 0.417. The van der Waals surface area contributed by atoms with Crippen LogP contribution in [0.1, 0.15) is 16.8 Å². The first-order chi connectivity index (χ1) is 8.00. The lowest BCUT2D eigenvalue weighted by atomic mass is 10.1. The van der Waals surface area contributed by atoms with Crippen molar-refractivity contribution in [2.24, 2.45) is 0 Å². The number of carbonyl (C=O) groups is 1. The fourth-order valence-corrected chi connectivity index (χ4v) is 1.50. The summed E-state index contributed by atoms with van der Waals surface area (Å²) in [5.74, 6) is -0.998. The smallest absolute Gasteiger partial charge is 0.337 e. The van der Waals surface area contributed by atoms with E-state index in [0.29, 0.717) is 0 Å². The van der Waals surface area contributed by atoms with E-state index in [1.54, 1.807) is 12.1 Å². The van der Waals surface area contributed by atoms with Gasteiger partial charge in [-0.05, 0) is 45.3 Å². The summed E-state index contributed by atoms with van der Waals surface area (Å²) in [7, 11) is 4.05. The SMILES string of the molecule is CN(C)CCCNc1ccc(C(=O)O)c(N)c1. The van der Waals surface area contributed by atoms with Gasteiger partial charge in [-0.15, -0.1) is 0 Å². The van der Waals surface area contributed by atoms with E-state index in [9.17, 15) is 4.79 Å². The average molecular weight is 237 g/mol. The molecule has 0 unspecified atom stereocenters. The summed E-state index contributed by atoms with van der Waals surface area (Å²) < 4.78 is 0. The second kappa shape index (κ2) is 6.10. The molecule has 0 amide bonds. The van der Waals surface area contributed by atoms with E-state index >= 15 is 0 Å². The Morgan fingerprint density at radius 2 is 2.18 bits per heavy atom. The molecule has 0 aliphatic carbocycles. The molecular weight excluding hydrogens is 218 g/mol. The van der Waals surface area contributed by atoms with Crippen LogP contribution in [-0.2, 0) is 0 Å². The van der Waals surface area contributed by atoms with Crippen LogP contribution in [0.4, 0.5) is 11.4 Å². The van der Waals surface area contributed by atoms with Crippen LogP contribution < -0.4 is 11.1 Å². The fourth-order valence-electron chi connectivity index (χ4n) is 1.50. The molecule has 0 bridgehead atoms. The summed E-state index contributed by atoms with van der Waals surface area (Å²) in [6.07, 6.45) is 1.02. The minimum Gasteiger partial charge on any atom is -0.478 e. The van der Waals surface area contributed by atoms with E-state index in [2.05, 4.69) is 10.2 Å². The summed E-state index contributed by atoms with van der Waals surface area (Å²) >= 11 is 0. The summed E-state index contributed by atoms with van der Waals surface area (Å²) in [6.45, 7) is 1.85. The number of nitrogens with zero attached hydrogens (tertiary/aromatic N) is 1. The minimum absolute atomic E-state index is 0.142. The standard InChI is InChI=1S/C12H19N3O2/c1-15(2)7-3-6-14-9-4-5-10(12(16)17)11(13)8-9/h4-5,8,14H,3,6-7,13H2,1-2H3,(H,16,17). The Morgan fingerprint density at radius 1 is 1.47 bits per heavy atom. The third-order valence-electron chi connectivity index (χ3n) is 2.39. The van der Waals surface area contributed by atoms with Crippen LogP contribution in [0.15, 0.2) is 18.2 Å². The number of hydrogen-bond acceptors (Lipinski definition) is 4. The topological polar surface area (TPSA) is 78.6 Å². The predicted molar refractivity (Wildman–Crippen MR) is 69.5 cm³/mol. The molecule has 1 rings (SSSR count). The molecule has 0 atom stereocenters. The maximum atomic E-state index is 10.8. The Labute approximate surface area is 101 Å². The predicted octanol–water partition coefficient (Wildman–Crippen LogP) is 1.33. The first kappa shape index (κ1) is 13.3. The molecule has 0 fully saturated rings. The van der Waals surface area contributed by atoms with Crippen molar-refractivity contribution in [2.75, 3.05) is 38.2 Å². The molecule has 0 aliphatic heterocycles. The number of nitrogens with one attached hydrogen (secondary N) is 1. The Bertz CT molecular complexity index is 391. The molecule has 0 spiro atoms. The van der Waals surface area contributed by atoms with Crippen molar-refractivity contribution in [1.29, 1.82) is 0 Å². The molecule has 94 valence electrons. The highest BCUT2D eigenvalue weighted by Gasteiger charge is 2.07. The molecular formula is C12H19N3O2. The number of anilines is 2. The zero-order valence-corrected chi connectivity index (χ0v) is 10.2. The van der Waals surface area contributed by atoms with Gasteiger partial charge in [0.15, 0.2) is 0 Å². The van der Waals surface area contributed by atoms with Gasteiger partial charge < -0.3 is 21.1 Å². The van der Waals surface area contributed by atoms with Crippen LogP contribution in [0, 0.1) is 0 Å². The number of carboxylic acids is 1. The number of benzene rings is 1. The maximum absolute atomic E-state index is 10.8. The van der Waals surface area contributed by atoms with Gasteiger partial charge in [0.1, 0.15) is 0 Å². The maximum Gasteiger partial charge on any atom is 0.337 e. The van der Waals surface area contributed by atoms with Crippen molar-refractivity contribution in [2.45, 2.75) is 6.42 Å². The monoisotopic (exact) mass is 237 g/mol. The van der Waals surface area contributed by atoms with Gasteiger partial charge in [0.05, 0.1) is 5.56 Å². The summed E-state index contributed by atoms with van der Waals surface area (Å²) in [5.41, 5.74) is 6.93. The van der Waals surface area contributed by atoms with Gasteiger partial charge in [-0.2, -0.15) is 0 Å². The van der Waals surface area contributed by atoms with Crippen molar-refractivity contribution >= 4 is 17.3 Å². The van der Waals surface area contributed by atoms with Gasteiger partial charge in [0.2, 0.25) is 0 Å². The van der Waals surface area contributed by atoms with Crippen LogP contribution in [0.2, 0.25) is 0 Å². The largest absolute Gasteiger partial charge is 0.478 e. The molecule has 0 aliphatic rings. The lowest BCUT2D eigenvalue weighted by molar-refractivity contribution is 0.0698. The van der Waals surface area contributed by atoms with Gasteiger partial charge >= 0.3 is 5.97 Å². The number of rotatable bonds is 6. The molecule has 0 aromatic heterocycles. The minimum atomic E-state index is -0.998. The van der Waals surface area contributed by atoms with Gasteiger partial charge in [0.25, 0.3) is 0 Å². The van der Waals surface area contributed by atoms with Gasteiger partial charge in [-0.3, -0.25) is 0 Å². The highest BCUT2D eigenvalue weighted by Crippen LogP contribution is 2.17. The van der Waals surface area contributed by atoms with Crippen molar-refractivity contribution in [1.82, 2.24) is 4.90 Å². The number of nitrogens with two attached hydrogens (primary N) is 1. The van der Waals surface area contributed by atoms with Crippen molar-refractivity contribution in [3.63, 3.8) is 0 Å². The first-order valence-electron chi connectivity index (χ1n) is 5.52. The van der Waals surface area contributed by atoms with Crippen LogP contribution in [0.5, 0.6) is 0 Å². The number of carboxylic acid groups (broad SMARTS) is 1. The molecule has 5 heteroatoms. The quantitative estimate of drug-likeness (QED) is 0.514. The third-order valence-corrected chi connectivity index (χ3v) is 2.39. The third kappa shape index (κ3) is 4.32. The Morgan fingerprint density at radius 3 is 2.71 bits per heavy atom. The Hall–Kier alpha value is -1.75. The lowest BCUT2D eigenvalue weighted by Crippen LogP contribution is -2.16. The highest BCUT2D eigenvalue weighted by atomic mass is 16.4. The molecule has 1 aromatic rings. The van der Waals surface area contributed by atoms with E-state index in [4.69, 9.17) is 10.8 Å². The van der Waals surface area contributed by atoms with E-state index in [0.717, 1.165) is 25.2 Å². The number of aromatic carboxylic acids is 1. The molecule has 4 N–H and O–H groups in total. The van der Waals surface area contributed by atoms with Crippen molar-refractivity contribution in [3.8, 4) is 0 Å². The van der Waals surface area contributed by atoms with Gasteiger partial charge in [-0.1, -0.05) is 0 Å². The second-order valence-electron chi connectivity index (χ2n) is 4.19. The van der Waals surface area contributed by atoms with Crippen LogP contribution in [0.25, 0.3) is 0 Å². The zero-order valence-electron chi connectivity index (χ0n) is 10.2. The van der Waals surface area contributed by atoms with E-state index < -0.39 is 5.97 Å². The van der Waals surface area contributed by atoms with Gasteiger partial charge in [0, 0.05) is 17.9 Å². The van der Waals surface area contributed by atoms with Gasteiger partial charge in [-0.25, -0.2) is 4.79 Å². The number of hydrogen-bond donors (Lipinski definition) is 3. The number of nitrogen functional groups attached to an aromatic ring is 1. The van der Waals surface area contributed by atoms with E-state index in [1.807, 2.05) is 14.1 Å². The van der Waals surface area contributed by atoms with E-state index in [1.165, 1.54) is 6.07 Å². The molecule has 0 radical (unpaired) electrons. The molecule has 0 saturated heterocycles. The van der Waals surface area contributed by atoms with Crippen molar-refractivity contribution in [3.05, 3.63) is 23.8 Å². The molecule has 0 heterocycles. The molecule has 17 heavy (non-hydrogen) atoms. The van der Waals surface area contributed by atoms with Crippen LogP contribution >= 0.6 is 0 Å². The summed E-state index contributed by atoms with van der Waals surface area (Å²) in [6, 6.07) is 4.90. The molecule has 5 nitrogen and oxygen atoms in total. The lowest BCUT2D eigenvalue weighted by Gasteiger charge is -2.11. The van der Waals surface area contributed by atoms with E-state index in [-0.39, 0.29) is 11.3 Å². The Balaban J connectivity index is 2.50. The molecule has 1 aromatic carbocycles. The zero-order chi connectivity index (χ0) is 12.8. The molecule has 0 saturated carbocycles. The second-order valence-corrected chi connectivity index (χ2v) is 4.19.